The van der Waals surface area contributed by atoms with Gasteiger partial charge in [0.25, 0.3) is 11.5 Å². The quantitative estimate of drug-likeness (QED) is 0.898. The van der Waals surface area contributed by atoms with E-state index < -0.39 is 17.0 Å². The van der Waals surface area contributed by atoms with Gasteiger partial charge in [-0.3, -0.25) is 9.59 Å². The lowest BCUT2D eigenvalue weighted by Crippen LogP contribution is -2.44. The minimum atomic E-state index is -0.738. The minimum absolute atomic E-state index is 0.150. The van der Waals surface area contributed by atoms with Gasteiger partial charge in [-0.2, -0.15) is 0 Å². The van der Waals surface area contributed by atoms with Crippen molar-refractivity contribution in [3.8, 4) is 0 Å². The fraction of sp³-hybridized carbons (Fsp3) is 0.467. The summed E-state index contributed by atoms with van der Waals surface area (Å²) >= 11 is 0. The van der Waals surface area contributed by atoms with Crippen LogP contribution in [0, 0.1) is 27.7 Å². The molecular formula is C15H20N4O3. The largest absolute Gasteiger partial charge is 0.361 e. The van der Waals surface area contributed by atoms with Crippen molar-refractivity contribution in [3.05, 3.63) is 44.5 Å². The van der Waals surface area contributed by atoms with Crippen LogP contribution >= 0.6 is 0 Å². The van der Waals surface area contributed by atoms with E-state index in [2.05, 4.69) is 20.4 Å². The molecule has 7 nitrogen and oxygen atoms in total. The summed E-state index contributed by atoms with van der Waals surface area (Å²) in [5.41, 5.74) is 1.36. The van der Waals surface area contributed by atoms with Crippen LogP contribution in [0.3, 0.4) is 0 Å². The van der Waals surface area contributed by atoms with E-state index >= 15 is 0 Å². The maximum Gasteiger partial charge on any atom is 0.279 e. The average molecular weight is 304 g/mol. The van der Waals surface area contributed by atoms with E-state index in [1.807, 2.05) is 13.8 Å². The monoisotopic (exact) mass is 304 g/mol. The summed E-state index contributed by atoms with van der Waals surface area (Å²) in [5.74, 6) is 0.0964. The van der Waals surface area contributed by atoms with Crippen molar-refractivity contribution in [3.63, 3.8) is 0 Å². The first kappa shape index (κ1) is 15.9. The third-order valence-corrected chi connectivity index (χ3v) is 3.64. The number of carbonyl (C=O) groups is 1. The number of hydrogen-bond acceptors (Lipinski definition) is 5. The van der Waals surface area contributed by atoms with Gasteiger partial charge in [0.15, 0.2) is 5.69 Å². The Balaban J connectivity index is 2.36. The second kappa shape index (κ2) is 5.40. The highest BCUT2D eigenvalue weighted by Crippen LogP contribution is 2.26. The molecule has 2 aromatic rings. The van der Waals surface area contributed by atoms with E-state index in [1.165, 1.54) is 0 Å². The van der Waals surface area contributed by atoms with Gasteiger partial charge in [-0.25, -0.2) is 4.98 Å². The van der Waals surface area contributed by atoms with Crippen molar-refractivity contribution in [2.24, 2.45) is 0 Å². The predicted molar refractivity (Wildman–Crippen MR) is 80.8 cm³/mol. The molecule has 2 N–H and O–H groups in total. The van der Waals surface area contributed by atoms with E-state index in [-0.39, 0.29) is 5.69 Å². The lowest BCUT2D eigenvalue weighted by molar-refractivity contribution is 0.0904. The molecule has 0 aromatic carbocycles. The van der Waals surface area contributed by atoms with Gasteiger partial charge in [-0.1, -0.05) is 5.16 Å². The second-order valence-corrected chi connectivity index (χ2v) is 5.90. The van der Waals surface area contributed by atoms with Crippen molar-refractivity contribution >= 4 is 5.91 Å². The Morgan fingerprint density at radius 2 is 1.82 bits per heavy atom. The van der Waals surface area contributed by atoms with Crippen LogP contribution in [-0.4, -0.2) is 21.0 Å². The standard InChI is InChI=1S/C15H20N4O3/c1-7-8(2)17-13(20)12(16-7)14(21)18-15(5,6)11-9(3)19-22-10(11)4/h1-6H3,(H,17,20)(H,18,21). The minimum Gasteiger partial charge on any atom is -0.361 e. The molecule has 0 aliphatic rings. The van der Waals surface area contributed by atoms with Gasteiger partial charge in [0.05, 0.1) is 16.9 Å². The third-order valence-electron chi connectivity index (χ3n) is 3.64. The normalized spacial score (nSPS) is 11.5. The molecule has 2 aromatic heterocycles. The Bertz CT molecular complexity index is 767. The highest BCUT2D eigenvalue weighted by Gasteiger charge is 2.31. The van der Waals surface area contributed by atoms with Crippen LogP contribution in [0.1, 0.15) is 52.7 Å². The Morgan fingerprint density at radius 1 is 1.18 bits per heavy atom. The first-order valence-electron chi connectivity index (χ1n) is 6.97. The van der Waals surface area contributed by atoms with Crippen LogP contribution in [0.5, 0.6) is 0 Å². The highest BCUT2D eigenvalue weighted by atomic mass is 16.5. The van der Waals surface area contributed by atoms with E-state index in [0.717, 1.165) is 5.56 Å². The molecule has 0 atom stereocenters. The summed E-state index contributed by atoms with van der Waals surface area (Å²) in [5, 5.41) is 6.72. The molecule has 0 bridgehead atoms. The molecule has 0 saturated heterocycles. The van der Waals surface area contributed by atoms with E-state index in [4.69, 9.17) is 4.52 Å². The van der Waals surface area contributed by atoms with Crippen molar-refractivity contribution in [1.29, 1.82) is 0 Å². The predicted octanol–water partition coefficient (Wildman–Crippen LogP) is 1.66. The van der Waals surface area contributed by atoms with Gasteiger partial charge in [0.2, 0.25) is 0 Å². The molecule has 1 amide bonds. The Hall–Kier alpha value is -2.44. The number of aryl methyl sites for hydroxylation is 4. The molecule has 0 fully saturated rings. The molecule has 2 heterocycles. The number of H-pyrrole nitrogens is 1. The summed E-state index contributed by atoms with van der Waals surface area (Å²) in [7, 11) is 0. The van der Waals surface area contributed by atoms with Crippen LogP contribution in [-0.2, 0) is 5.54 Å². The van der Waals surface area contributed by atoms with Gasteiger partial charge in [0, 0.05) is 11.3 Å². The summed E-state index contributed by atoms with van der Waals surface area (Å²) in [4.78, 5) is 31.1. The number of carbonyl (C=O) groups excluding carboxylic acids is 1. The van der Waals surface area contributed by atoms with Crippen molar-refractivity contribution < 1.29 is 9.32 Å². The molecule has 7 heteroatoms. The van der Waals surface area contributed by atoms with E-state index in [0.29, 0.717) is 22.8 Å². The van der Waals surface area contributed by atoms with Crippen molar-refractivity contribution in [1.82, 2.24) is 20.4 Å². The van der Waals surface area contributed by atoms with Crippen molar-refractivity contribution in [2.45, 2.75) is 47.1 Å². The number of amides is 1. The SMILES string of the molecule is Cc1nc(C(=O)NC(C)(C)c2c(C)noc2C)c(=O)[nH]c1C. The zero-order valence-electron chi connectivity index (χ0n) is 13.6. The molecule has 0 radical (unpaired) electrons. The summed E-state index contributed by atoms with van der Waals surface area (Å²) in [6.07, 6.45) is 0. The number of rotatable bonds is 3. The number of aromatic amines is 1. The highest BCUT2D eigenvalue weighted by molar-refractivity contribution is 5.92. The maximum absolute atomic E-state index is 12.4. The molecule has 118 valence electrons. The molecule has 22 heavy (non-hydrogen) atoms. The lowest BCUT2D eigenvalue weighted by Gasteiger charge is -2.26. The van der Waals surface area contributed by atoms with Crippen LogP contribution in [0.25, 0.3) is 0 Å². The molecule has 0 spiro atoms. The second-order valence-electron chi connectivity index (χ2n) is 5.90. The van der Waals surface area contributed by atoms with Crippen LogP contribution < -0.4 is 10.9 Å². The van der Waals surface area contributed by atoms with Gasteiger partial charge < -0.3 is 14.8 Å². The summed E-state index contributed by atoms with van der Waals surface area (Å²) in [6.45, 7) is 10.7. The van der Waals surface area contributed by atoms with Crippen LogP contribution in [0.4, 0.5) is 0 Å². The summed E-state index contributed by atoms with van der Waals surface area (Å²) in [6, 6.07) is 0. The van der Waals surface area contributed by atoms with Crippen LogP contribution in [0.2, 0.25) is 0 Å². The zero-order chi connectivity index (χ0) is 16.7. The average Bonchev–Trinajstić information content (AvgIpc) is 2.73. The number of hydrogen-bond donors (Lipinski definition) is 2. The Labute approximate surface area is 128 Å². The van der Waals surface area contributed by atoms with E-state index in [9.17, 15) is 9.59 Å². The number of nitrogens with one attached hydrogen (secondary N) is 2. The lowest BCUT2D eigenvalue weighted by atomic mass is 9.92. The van der Waals surface area contributed by atoms with Gasteiger partial charge in [-0.05, 0) is 41.5 Å². The summed E-state index contributed by atoms with van der Waals surface area (Å²) < 4.78 is 5.14. The smallest absolute Gasteiger partial charge is 0.279 e. The third kappa shape index (κ3) is 2.79. The maximum atomic E-state index is 12.4. The Morgan fingerprint density at radius 3 is 2.36 bits per heavy atom. The van der Waals surface area contributed by atoms with Gasteiger partial charge >= 0.3 is 0 Å². The topological polar surface area (TPSA) is 101 Å². The van der Waals surface area contributed by atoms with Gasteiger partial charge in [-0.15, -0.1) is 0 Å². The fourth-order valence-corrected chi connectivity index (χ4v) is 2.56. The van der Waals surface area contributed by atoms with Crippen molar-refractivity contribution in [2.75, 3.05) is 0 Å². The first-order chi connectivity index (χ1) is 10.1. The molecule has 2 rings (SSSR count). The number of nitrogens with zero attached hydrogens (tertiary/aromatic N) is 2. The Kier molecular flexibility index (Phi) is 3.91. The van der Waals surface area contributed by atoms with E-state index in [1.54, 1.807) is 27.7 Å². The molecule has 0 unspecified atom stereocenters. The van der Waals surface area contributed by atoms with Gasteiger partial charge in [0.1, 0.15) is 5.76 Å². The number of aromatic nitrogens is 3. The zero-order valence-corrected chi connectivity index (χ0v) is 13.6. The molecule has 0 aliphatic carbocycles. The van der Waals surface area contributed by atoms with Crippen LogP contribution in [0.15, 0.2) is 9.32 Å². The fourth-order valence-electron chi connectivity index (χ4n) is 2.56. The molecule has 0 saturated carbocycles. The molecular weight excluding hydrogens is 284 g/mol. The first-order valence-corrected chi connectivity index (χ1v) is 6.97. The molecule has 0 aliphatic heterocycles.